The molecule has 2 aliphatic rings. The third-order valence-electron chi connectivity index (χ3n) is 5.36. The quantitative estimate of drug-likeness (QED) is 0.793. The van der Waals surface area contributed by atoms with Crippen molar-refractivity contribution in [3.8, 4) is 11.5 Å². The molecule has 2 aromatic rings. The molecular weight excluding hydrogens is 330 g/mol. The summed E-state index contributed by atoms with van der Waals surface area (Å²) in [7, 11) is 0. The van der Waals surface area contributed by atoms with Gasteiger partial charge in [-0.15, -0.1) is 0 Å². The maximum atomic E-state index is 12.6. The van der Waals surface area contributed by atoms with Crippen molar-refractivity contribution in [1.29, 1.82) is 0 Å². The maximum absolute atomic E-state index is 12.6. The largest absolute Gasteiger partial charge is 0.441 e. The second-order valence-corrected chi connectivity index (χ2v) is 7.05. The van der Waals surface area contributed by atoms with Gasteiger partial charge in [-0.2, -0.15) is 0 Å². The SMILES string of the molecule is Cc1oc(-c2ccccc2)nc1CN1CCN(C2CCCC2)C(=O)C1=O. The van der Waals surface area contributed by atoms with Crippen LogP contribution in [0.25, 0.3) is 11.5 Å². The molecule has 6 heteroatoms. The Labute approximate surface area is 152 Å². The van der Waals surface area contributed by atoms with E-state index in [-0.39, 0.29) is 11.9 Å². The van der Waals surface area contributed by atoms with E-state index in [4.69, 9.17) is 4.42 Å². The number of piperazine rings is 1. The van der Waals surface area contributed by atoms with Crippen molar-refractivity contribution in [3.63, 3.8) is 0 Å². The normalized spacial score (nSPS) is 18.8. The Morgan fingerprint density at radius 1 is 1.08 bits per heavy atom. The summed E-state index contributed by atoms with van der Waals surface area (Å²) in [5, 5.41) is 0. The molecule has 1 aliphatic heterocycles. The van der Waals surface area contributed by atoms with Crippen LogP contribution in [0.1, 0.15) is 37.1 Å². The van der Waals surface area contributed by atoms with Gasteiger partial charge in [0.15, 0.2) is 0 Å². The summed E-state index contributed by atoms with van der Waals surface area (Å²) < 4.78 is 5.76. The average Bonchev–Trinajstić information content (AvgIpc) is 3.30. The van der Waals surface area contributed by atoms with Crippen molar-refractivity contribution in [1.82, 2.24) is 14.8 Å². The molecule has 0 atom stereocenters. The van der Waals surface area contributed by atoms with Crippen LogP contribution in [-0.4, -0.2) is 45.7 Å². The molecule has 26 heavy (non-hydrogen) atoms. The molecule has 1 saturated heterocycles. The molecule has 0 radical (unpaired) electrons. The van der Waals surface area contributed by atoms with E-state index >= 15 is 0 Å². The molecule has 2 heterocycles. The molecule has 1 saturated carbocycles. The Bertz CT molecular complexity index is 809. The van der Waals surface area contributed by atoms with Gasteiger partial charge in [0.25, 0.3) is 0 Å². The van der Waals surface area contributed by atoms with Crippen LogP contribution >= 0.6 is 0 Å². The predicted molar refractivity (Wildman–Crippen MR) is 96.1 cm³/mol. The minimum Gasteiger partial charge on any atom is -0.441 e. The fraction of sp³-hybridized carbons (Fsp3) is 0.450. The number of hydrogen-bond donors (Lipinski definition) is 0. The summed E-state index contributed by atoms with van der Waals surface area (Å²) in [6, 6.07) is 9.91. The van der Waals surface area contributed by atoms with Crippen LogP contribution in [0.15, 0.2) is 34.7 Å². The van der Waals surface area contributed by atoms with Gasteiger partial charge in [-0.3, -0.25) is 9.59 Å². The molecule has 2 fully saturated rings. The second-order valence-electron chi connectivity index (χ2n) is 7.05. The fourth-order valence-corrected chi connectivity index (χ4v) is 3.86. The molecule has 1 aliphatic carbocycles. The van der Waals surface area contributed by atoms with Gasteiger partial charge in [0.2, 0.25) is 5.89 Å². The average molecular weight is 353 g/mol. The topological polar surface area (TPSA) is 66.7 Å². The van der Waals surface area contributed by atoms with E-state index in [1.165, 1.54) is 0 Å². The zero-order chi connectivity index (χ0) is 18.1. The van der Waals surface area contributed by atoms with Crippen molar-refractivity contribution < 1.29 is 14.0 Å². The first-order chi connectivity index (χ1) is 12.6. The standard InChI is InChI=1S/C20H23N3O3/c1-14-17(21-18(26-14)15-7-3-2-4-8-15)13-22-11-12-23(20(25)19(22)24)16-9-5-6-10-16/h2-4,7-8,16H,5-6,9-13H2,1H3. The molecule has 0 bridgehead atoms. The van der Waals surface area contributed by atoms with Crippen LogP contribution in [0.3, 0.4) is 0 Å². The zero-order valence-electron chi connectivity index (χ0n) is 15.0. The highest BCUT2D eigenvalue weighted by molar-refractivity contribution is 6.35. The molecule has 1 aromatic carbocycles. The minimum absolute atomic E-state index is 0.243. The van der Waals surface area contributed by atoms with Crippen LogP contribution in [0, 0.1) is 6.92 Å². The van der Waals surface area contributed by atoms with E-state index in [0.29, 0.717) is 37.0 Å². The van der Waals surface area contributed by atoms with Gasteiger partial charge in [0, 0.05) is 24.7 Å². The van der Waals surface area contributed by atoms with Gasteiger partial charge in [0.1, 0.15) is 11.5 Å². The summed E-state index contributed by atoms with van der Waals surface area (Å²) in [4.78, 5) is 33.0. The summed E-state index contributed by atoms with van der Waals surface area (Å²) in [5.41, 5.74) is 1.61. The van der Waals surface area contributed by atoms with Crippen LogP contribution in [0.2, 0.25) is 0 Å². The molecule has 2 amide bonds. The van der Waals surface area contributed by atoms with E-state index in [9.17, 15) is 9.59 Å². The van der Waals surface area contributed by atoms with Gasteiger partial charge in [-0.1, -0.05) is 31.0 Å². The lowest BCUT2D eigenvalue weighted by Gasteiger charge is -2.36. The molecule has 1 aromatic heterocycles. The number of carbonyl (C=O) groups is 2. The first-order valence-electron chi connectivity index (χ1n) is 9.25. The smallest absolute Gasteiger partial charge is 0.312 e. The summed E-state index contributed by atoms with van der Waals surface area (Å²) in [6.07, 6.45) is 4.32. The number of carbonyl (C=O) groups excluding carboxylic acids is 2. The lowest BCUT2D eigenvalue weighted by Crippen LogP contribution is -2.56. The number of benzene rings is 1. The Kier molecular flexibility index (Phi) is 4.49. The van der Waals surface area contributed by atoms with Crippen LogP contribution in [-0.2, 0) is 16.1 Å². The number of hydrogen-bond acceptors (Lipinski definition) is 4. The Balaban J connectivity index is 1.47. The summed E-state index contributed by atoms with van der Waals surface area (Å²) in [5.74, 6) is 0.434. The summed E-state index contributed by atoms with van der Waals surface area (Å²) >= 11 is 0. The van der Waals surface area contributed by atoms with Gasteiger partial charge in [-0.05, 0) is 31.9 Å². The van der Waals surface area contributed by atoms with E-state index < -0.39 is 5.91 Å². The number of oxazole rings is 1. The monoisotopic (exact) mass is 353 g/mol. The van der Waals surface area contributed by atoms with Crippen LogP contribution in [0.5, 0.6) is 0 Å². The van der Waals surface area contributed by atoms with Crippen molar-refractivity contribution in [2.45, 2.75) is 45.2 Å². The minimum atomic E-state index is -0.424. The number of amides is 2. The number of nitrogens with zero attached hydrogens (tertiary/aromatic N) is 3. The summed E-state index contributed by atoms with van der Waals surface area (Å²) in [6.45, 7) is 3.31. The number of aromatic nitrogens is 1. The predicted octanol–water partition coefficient (Wildman–Crippen LogP) is 2.76. The first-order valence-corrected chi connectivity index (χ1v) is 9.25. The van der Waals surface area contributed by atoms with Crippen molar-refractivity contribution in [2.24, 2.45) is 0 Å². The fourth-order valence-electron chi connectivity index (χ4n) is 3.86. The van der Waals surface area contributed by atoms with E-state index in [1.807, 2.05) is 37.3 Å². The van der Waals surface area contributed by atoms with Crippen molar-refractivity contribution in [3.05, 3.63) is 41.8 Å². The van der Waals surface area contributed by atoms with E-state index in [2.05, 4.69) is 4.98 Å². The zero-order valence-corrected chi connectivity index (χ0v) is 15.0. The highest BCUT2D eigenvalue weighted by Gasteiger charge is 2.37. The van der Waals surface area contributed by atoms with Crippen molar-refractivity contribution in [2.75, 3.05) is 13.1 Å². The highest BCUT2D eigenvalue weighted by atomic mass is 16.4. The number of aryl methyl sites for hydroxylation is 1. The maximum Gasteiger partial charge on any atom is 0.312 e. The van der Waals surface area contributed by atoms with Gasteiger partial charge < -0.3 is 14.2 Å². The third-order valence-corrected chi connectivity index (χ3v) is 5.36. The second kappa shape index (κ2) is 6.94. The molecule has 0 spiro atoms. The molecular formula is C20H23N3O3. The lowest BCUT2D eigenvalue weighted by molar-refractivity contribution is -0.158. The molecule has 0 unspecified atom stereocenters. The van der Waals surface area contributed by atoms with E-state index in [1.54, 1.807) is 9.80 Å². The highest BCUT2D eigenvalue weighted by Crippen LogP contribution is 2.26. The Hall–Kier alpha value is -2.63. The lowest BCUT2D eigenvalue weighted by atomic mass is 10.1. The van der Waals surface area contributed by atoms with Gasteiger partial charge in [-0.25, -0.2) is 4.98 Å². The van der Waals surface area contributed by atoms with Gasteiger partial charge >= 0.3 is 11.8 Å². The molecule has 0 N–H and O–H groups in total. The Morgan fingerprint density at radius 3 is 2.54 bits per heavy atom. The molecule has 4 rings (SSSR count). The number of rotatable bonds is 4. The third kappa shape index (κ3) is 3.11. The van der Waals surface area contributed by atoms with Crippen molar-refractivity contribution >= 4 is 11.8 Å². The first kappa shape index (κ1) is 16.8. The molecule has 136 valence electrons. The molecule has 6 nitrogen and oxygen atoms in total. The van der Waals surface area contributed by atoms with Gasteiger partial charge in [0.05, 0.1) is 6.54 Å². The van der Waals surface area contributed by atoms with Crippen LogP contribution in [0.4, 0.5) is 0 Å². The Morgan fingerprint density at radius 2 is 1.81 bits per heavy atom. The van der Waals surface area contributed by atoms with Crippen LogP contribution < -0.4 is 0 Å². The van der Waals surface area contributed by atoms with E-state index in [0.717, 1.165) is 31.2 Å².